The van der Waals surface area contributed by atoms with Crippen molar-refractivity contribution < 1.29 is 0 Å². The van der Waals surface area contributed by atoms with Gasteiger partial charge in [-0.25, -0.2) is 9.97 Å². The molecule has 0 aliphatic carbocycles. The lowest BCUT2D eigenvalue weighted by Crippen LogP contribution is -2.06. The molecule has 0 aliphatic rings. The number of H-pyrrole nitrogens is 1. The maximum atomic E-state index is 8.87. The number of pyridine rings is 1. The first-order valence-corrected chi connectivity index (χ1v) is 5.89. The van der Waals surface area contributed by atoms with Gasteiger partial charge in [0.1, 0.15) is 11.6 Å². The number of nitrogens with one attached hydrogen (secondary N) is 2. The summed E-state index contributed by atoms with van der Waals surface area (Å²) in [6.45, 7) is 2.69. The highest BCUT2D eigenvalue weighted by Crippen LogP contribution is 2.09. The molecule has 0 aliphatic heterocycles. The van der Waals surface area contributed by atoms with Crippen LogP contribution < -0.4 is 5.32 Å². The van der Waals surface area contributed by atoms with E-state index in [1.807, 2.05) is 13.1 Å². The van der Waals surface area contributed by atoms with Crippen LogP contribution in [-0.2, 0) is 6.42 Å². The summed E-state index contributed by atoms with van der Waals surface area (Å²) in [7, 11) is 0. The predicted octanol–water partition coefficient (Wildman–Crippen LogP) is 2.03. The molecular formula is C13H15N5. The number of rotatable bonds is 5. The summed E-state index contributed by atoms with van der Waals surface area (Å²) in [5.74, 6) is 1.75. The average molecular weight is 241 g/mol. The number of hydrogen-bond donors (Lipinski definition) is 2. The fourth-order valence-corrected chi connectivity index (χ4v) is 1.73. The highest BCUT2D eigenvalue weighted by Gasteiger charge is 2.00. The molecule has 2 rings (SSSR count). The Morgan fingerprint density at radius 1 is 1.44 bits per heavy atom. The van der Waals surface area contributed by atoms with Crippen molar-refractivity contribution in [2.45, 2.75) is 19.8 Å². The van der Waals surface area contributed by atoms with E-state index < -0.39 is 0 Å². The van der Waals surface area contributed by atoms with Crippen LogP contribution >= 0.6 is 0 Å². The Balaban J connectivity index is 1.83. The Kier molecular flexibility index (Phi) is 3.92. The number of aromatic amines is 1. The van der Waals surface area contributed by atoms with E-state index in [-0.39, 0.29) is 0 Å². The van der Waals surface area contributed by atoms with Crippen LogP contribution in [0, 0.1) is 18.3 Å². The van der Waals surface area contributed by atoms with Gasteiger partial charge in [-0.2, -0.15) is 5.26 Å². The fraction of sp³-hybridized carbons (Fsp3) is 0.308. The Morgan fingerprint density at radius 3 is 3.06 bits per heavy atom. The van der Waals surface area contributed by atoms with Crippen LogP contribution in [0.1, 0.15) is 23.5 Å². The van der Waals surface area contributed by atoms with E-state index in [4.69, 9.17) is 5.26 Å². The van der Waals surface area contributed by atoms with Gasteiger partial charge >= 0.3 is 0 Å². The molecule has 0 unspecified atom stereocenters. The normalized spacial score (nSPS) is 10.0. The van der Waals surface area contributed by atoms with E-state index in [0.29, 0.717) is 5.56 Å². The van der Waals surface area contributed by atoms with E-state index >= 15 is 0 Å². The lowest BCUT2D eigenvalue weighted by molar-refractivity contribution is 0.813. The van der Waals surface area contributed by atoms with Crippen molar-refractivity contribution in [1.29, 1.82) is 5.26 Å². The zero-order valence-corrected chi connectivity index (χ0v) is 10.3. The molecule has 0 spiro atoms. The summed E-state index contributed by atoms with van der Waals surface area (Å²) in [5.41, 5.74) is 1.48. The van der Waals surface area contributed by atoms with E-state index in [1.54, 1.807) is 18.3 Å². The molecule has 0 fully saturated rings. The van der Waals surface area contributed by atoms with Gasteiger partial charge in [-0.1, -0.05) is 0 Å². The molecule has 0 aromatic carbocycles. The molecule has 2 heterocycles. The van der Waals surface area contributed by atoms with Crippen LogP contribution in [-0.4, -0.2) is 21.5 Å². The zero-order chi connectivity index (χ0) is 12.8. The van der Waals surface area contributed by atoms with Gasteiger partial charge in [-0.3, -0.25) is 0 Å². The first-order chi connectivity index (χ1) is 8.78. The summed E-state index contributed by atoms with van der Waals surface area (Å²) in [6.07, 6.45) is 5.44. The second-order valence-electron chi connectivity index (χ2n) is 4.06. The third-order valence-corrected chi connectivity index (χ3v) is 2.53. The van der Waals surface area contributed by atoms with Gasteiger partial charge in [0.05, 0.1) is 11.6 Å². The lowest BCUT2D eigenvalue weighted by atomic mass is 10.2. The Labute approximate surface area is 106 Å². The summed E-state index contributed by atoms with van der Waals surface area (Å²) >= 11 is 0. The largest absolute Gasteiger partial charge is 0.370 e. The van der Waals surface area contributed by atoms with Crippen LogP contribution in [0.4, 0.5) is 5.82 Å². The third-order valence-electron chi connectivity index (χ3n) is 2.53. The number of anilines is 1. The molecule has 0 atom stereocenters. The maximum absolute atomic E-state index is 8.87. The first kappa shape index (κ1) is 12.1. The minimum absolute atomic E-state index is 0.635. The van der Waals surface area contributed by atoms with Crippen LogP contribution in [0.3, 0.4) is 0 Å². The molecule has 0 bridgehead atoms. The first-order valence-electron chi connectivity index (χ1n) is 5.89. The number of hydrogen-bond acceptors (Lipinski definition) is 4. The molecule has 0 saturated carbocycles. The molecule has 2 aromatic heterocycles. The van der Waals surface area contributed by atoms with Gasteiger partial charge in [-0.15, -0.1) is 0 Å². The molecule has 0 amide bonds. The molecule has 5 heteroatoms. The predicted molar refractivity (Wildman–Crippen MR) is 69.1 cm³/mol. The summed E-state index contributed by atoms with van der Waals surface area (Å²) in [5, 5.41) is 12.1. The van der Waals surface area contributed by atoms with Crippen molar-refractivity contribution in [3.8, 4) is 6.07 Å². The van der Waals surface area contributed by atoms with E-state index in [1.165, 1.54) is 0 Å². The second kappa shape index (κ2) is 5.82. The number of imidazole rings is 1. The standard InChI is InChI=1S/C13H15N5/c1-10-7-11(9-14)8-13(18-10)15-4-2-3-12-16-5-6-17-12/h5-8H,2-4H2,1H3,(H,15,18)(H,16,17). The lowest BCUT2D eigenvalue weighted by Gasteiger charge is -2.06. The highest BCUT2D eigenvalue weighted by molar-refractivity contribution is 5.44. The average Bonchev–Trinajstić information content (AvgIpc) is 2.87. The molecular weight excluding hydrogens is 226 g/mol. The Morgan fingerprint density at radius 2 is 2.33 bits per heavy atom. The van der Waals surface area contributed by atoms with Gasteiger partial charge in [0.15, 0.2) is 0 Å². The van der Waals surface area contributed by atoms with Crippen molar-refractivity contribution >= 4 is 5.82 Å². The quantitative estimate of drug-likeness (QED) is 0.785. The maximum Gasteiger partial charge on any atom is 0.127 e. The molecule has 2 aromatic rings. The molecule has 0 saturated heterocycles. The minimum atomic E-state index is 0.635. The van der Waals surface area contributed by atoms with Gasteiger partial charge in [0.2, 0.25) is 0 Å². The summed E-state index contributed by atoms with van der Waals surface area (Å²) in [6, 6.07) is 5.66. The van der Waals surface area contributed by atoms with Crippen molar-refractivity contribution in [3.05, 3.63) is 41.6 Å². The number of nitriles is 1. The second-order valence-corrected chi connectivity index (χ2v) is 4.06. The monoisotopic (exact) mass is 241 g/mol. The van der Waals surface area contributed by atoms with Crippen LogP contribution in [0.5, 0.6) is 0 Å². The Hall–Kier alpha value is -2.35. The molecule has 5 nitrogen and oxygen atoms in total. The highest BCUT2D eigenvalue weighted by atomic mass is 15.0. The fourth-order valence-electron chi connectivity index (χ4n) is 1.73. The number of aromatic nitrogens is 3. The topological polar surface area (TPSA) is 77.4 Å². The summed E-state index contributed by atoms with van der Waals surface area (Å²) < 4.78 is 0. The minimum Gasteiger partial charge on any atom is -0.370 e. The molecule has 18 heavy (non-hydrogen) atoms. The van der Waals surface area contributed by atoms with Gasteiger partial charge in [0, 0.05) is 31.1 Å². The third kappa shape index (κ3) is 3.32. The van der Waals surface area contributed by atoms with E-state index in [0.717, 1.165) is 36.7 Å². The van der Waals surface area contributed by atoms with Crippen molar-refractivity contribution in [2.75, 3.05) is 11.9 Å². The number of nitrogens with zero attached hydrogens (tertiary/aromatic N) is 3. The van der Waals surface area contributed by atoms with Gasteiger partial charge in [0.25, 0.3) is 0 Å². The van der Waals surface area contributed by atoms with E-state index in [9.17, 15) is 0 Å². The SMILES string of the molecule is Cc1cc(C#N)cc(NCCCc2ncc[nH]2)n1. The van der Waals surface area contributed by atoms with Crippen LogP contribution in [0.25, 0.3) is 0 Å². The Bertz CT molecular complexity index is 539. The van der Waals surface area contributed by atoms with Crippen molar-refractivity contribution in [1.82, 2.24) is 15.0 Å². The van der Waals surface area contributed by atoms with Gasteiger partial charge in [-0.05, 0) is 25.5 Å². The smallest absolute Gasteiger partial charge is 0.127 e. The van der Waals surface area contributed by atoms with Crippen molar-refractivity contribution in [2.24, 2.45) is 0 Å². The molecule has 92 valence electrons. The molecule has 0 radical (unpaired) electrons. The van der Waals surface area contributed by atoms with Gasteiger partial charge < -0.3 is 10.3 Å². The number of aryl methyl sites for hydroxylation is 2. The molecule has 2 N–H and O–H groups in total. The van der Waals surface area contributed by atoms with Crippen molar-refractivity contribution in [3.63, 3.8) is 0 Å². The summed E-state index contributed by atoms with van der Waals surface area (Å²) in [4.78, 5) is 11.6. The van der Waals surface area contributed by atoms with E-state index in [2.05, 4.69) is 26.3 Å². The van der Waals surface area contributed by atoms with Crippen LogP contribution in [0.2, 0.25) is 0 Å². The zero-order valence-electron chi connectivity index (χ0n) is 10.3. The van der Waals surface area contributed by atoms with Crippen LogP contribution in [0.15, 0.2) is 24.5 Å².